The zero-order valence-corrected chi connectivity index (χ0v) is 20.9. The largest absolute Gasteiger partial charge is 0.495 e. The van der Waals surface area contributed by atoms with Crippen LogP contribution < -0.4 is 15.0 Å². The van der Waals surface area contributed by atoms with Gasteiger partial charge in [0.15, 0.2) is 5.69 Å². The van der Waals surface area contributed by atoms with Crippen LogP contribution in [0.4, 0.5) is 5.69 Å². The Morgan fingerprint density at radius 3 is 2.43 bits per heavy atom. The maximum atomic E-state index is 13.9. The number of aromatic nitrogens is 2. The third kappa shape index (κ3) is 4.76. The summed E-state index contributed by atoms with van der Waals surface area (Å²) in [6, 6.07) is 6.99. The van der Waals surface area contributed by atoms with Crippen LogP contribution in [0.5, 0.6) is 5.75 Å². The Morgan fingerprint density at radius 2 is 1.77 bits per heavy atom. The number of fused-ring (bicyclic) bond motifs is 1. The minimum absolute atomic E-state index is 0.0247. The Balaban J connectivity index is 1.78. The van der Waals surface area contributed by atoms with E-state index in [1.807, 2.05) is 19.1 Å². The molecule has 9 nitrogen and oxygen atoms in total. The molecular formula is C26H34N4O5. The zero-order valence-electron chi connectivity index (χ0n) is 20.9. The van der Waals surface area contributed by atoms with Crippen molar-refractivity contribution < 1.29 is 23.9 Å². The minimum atomic E-state index is -1.30. The van der Waals surface area contributed by atoms with E-state index in [4.69, 9.17) is 9.47 Å². The van der Waals surface area contributed by atoms with Gasteiger partial charge in [0, 0.05) is 12.1 Å². The van der Waals surface area contributed by atoms with Gasteiger partial charge in [-0.2, -0.15) is 5.10 Å². The van der Waals surface area contributed by atoms with Gasteiger partial charge in [-0.1, -0.05) is 38.2 Å². The summed E-state index contributed by atoms with van der Waals surface area (Å²) in [7, 11) is 2.80. The molecule has 1 N–H and O–H groups in total. The van der Waals surface area contributed by atoms with E-state index in [1.165, 1.54) is 49.1 Å². The predicted octanol–water partition coefficient (Wildman–Crippen LogP) is 3.63. The monoisotopic (exact) mass is 482 g/mol. The van der Waals surface area contributed by atoms with Crippen LogP contribution in [0.25, 0.3) is 0 Å². The van der Waals surface area contributed by atoms with Crippen LogP contribution in [0.1, 0.15) is 78.4 Å². The van der Waals surface area contributed by atoms with Gasteiger partial charge in [0.2, 0.25) is 5.91 Å². The molecule has 35 heavy (non-hydrogen) atoms. The van der Waals surface area contributed by atoms with Gasteiger partial charge in [0.1, 0.15) is 17.0 Å². The number of anilines is 1. The number of rotatable bonds is 5. The van der Waals surface area contributed by atoms with Crippen molar-refractivity contribution in [3.63, 3.8) is 0 Å². The molecule has 1 aromatic heterocycles. The van der Waals surface area contributed by atoms with Crippen molar-refractivity contribution in [2.24, 2.45) is 0 Å². The van der Waals surface area contributed by atoms with Crippen LogP contribution in [-0.2, 0) is 16.1 Å². The lowest BCUT2D eigenvalue weighted by atomic mass is 9.91. The first-order valence-electron chi connectivity index (χ1n) is 12.2. The Kier molecular flexibility index (Phi) is 7.14. The van der Waals surface area contributed by atoms with Crippen molar-refractivity contribution in [1.29, 1.82) is 0 Å². The van der Waals surface area contributed by atoms with E-state index in [1.54, 1.807) is 13.0 Å². The minimum Gasteiger partial charge on any atom is -0.495 e. The van der Waals surface area contributed by atoms with Crippen LogP contribution in [0.3, 0.4) is 0 Å². The number of esters is 1. The van der Waals surface area contributed by atoms with Crippen molar-refractivity contribution in [1.82, 2.24) is 15.1 Å². The van der Waals surface area contributed by atoms with Crippen LogP contribution in [0.15, 0.2) is 24.3 Å². The van der Waals surface area contributed by atoms with Gasteiger partial charge in [-0.05, 0) is 44.4 Å². The molecule has 9 heteroatoms. The number of ether oxygens (including phenoxy) is 2. The summed E-state index contributed by atoms with van der Waals surface area (Å²) in [6.07, 6.45) is 7.55. The van der Waals surface area contributed by atoms with E-state index in [2.05, 4.69) is 10.4 Å². The van der Waals surface area contributed by atoms with E-state index < -0.39 is 17.4 Å². The molecule has 1 saturated carbocycles. The van der Waals surface area contributed by atoms with Crippen LogP contribution in [0.2, 0.25) is 0 Å². The Bertz CT molecular complexity index is 1120. The predicted molar refractivity (Wildman–Crippen MR) is 131 cm³/mol. The lowest BCUT2D eigenvalue weighted by Gasteiger charge is -2.44. The quantitative estimate of drug-likeness (QED) is 0.653. The molecule has 1 fully saturated rings. The maximum Gasteiger partial charge on any atom is 0.358 e. The fraction of sp³-hybridized carbons (Fsp3) is 0.538. The van der Waals surface area contributed by atoms with Crippen LogP contribution >= 0.6 is 0 Å². The molecule has 1 aromatic carbocycles. The number of carbonyl (C=O) groups excluding carboxylic acids is 3. The number of methoxy groups -OCH3 is 2. The topological polar surface area (TPSA) is 103 Å². The van der Waals surface area contributed by atoms with Gasteiger partial charge in [-0.25, -0.2) is 4.79 Å². The van der Waals surface area contributed by atoms with Gasteiger partial charge >= 0.3 is 5.97 Å². The van der Waals surface area contributed by atoms with Crippen molar-refractivity contribution in [3.05, 3.63) is 41.2 Å². The summed E-state index contributed by atoms with van der Waals surface area (Å²) in [4.78, 5) is 41.5. The summed E-state index contributed by atoms with van der Waals surface area (Å²) in [5.74, 6) is -0.839. The number of nitrogens with one attached hydrogen (secondary N) is 1. The fourth-order valence-corrected chi connectivity index (χ4v) is 5.08. The number of hydrogen-bond donors (Lipinski definition) is 1. The Morgan fingerprint density at radius 1 is 1.09 bits per heavy atom. The molecule has 0 bridgehead atoms. The first-order chi connectivity index (χ1) is 16.8. The second-order valence-electron chi connectivity index (χ2n) is 9.67. The first-order valence-corrected chi connectivity index (χ1v) is 12.2. The number of aryl methyl sites for hydroxylation is 1. The third-order valence-corrected chi connectivity index (χ3v) is 7.05. The summed E-state index contributed by atoms with van der Waals surface area (Å²) < 4.78 is 11.8. The molecule has 2 heterocycles. The van der Waals surface area contributed by atoms with E-state index in [-0.39, 0.29) is 29.9 Å². The van der Waals surface area contributed by atoms with E-state index >= 15 is 0 Å². The van der Waals surface area contributed by atoms with Crippen molar-refractivity contribution in [2.45, 2.75) is 76.9 Å². The van der Waals surface area contributed by atoms with Crippen molar-refractivity contribution in [3.8, 4) is 5.75 Å². The molecule has 0 unspecified atom stereocenters. The highest BCUT2D eigenvalue weighted by Gasteiger charge is 2.50. The van der Waals surface area contributed by atoms with Gasteiger partial charge < -0.3 is 14.8 Å². The Labute approximate surface area is 205 Å². The molecule has 4 rings (SSSR count). The maximum absolute atomic E-state index is 13.9. The smallest absolute Gasteiger partial charge is 0.358 e. The normalized spacial score (nSPS) is 21.0. The van der Waals surface area contributed by atoms with Crippen molar-refractivity contribution >= 4 is 23.5 Å². The fourth-order valence-electron chi connectivity index (χ4n) is 5.08. The highest BCUT2D eigenvalue weighted by atomic mass is 16.5. The van der Waals surface area contributed by atoms with Crippen LogP contribution in [0, 0.1) is 6.92 Å². The summed E-state index contributed by atoms with van der Waals surface area (Å²) in [5, 5.41) is 7.53. The standard InChI is InChI=1S/C26H34N4O5/c1-17-12-13-22(34-3)20(14-17)30-23(31)21-15-19(24(32)35-4)28-29(21)16-26(30,2)25(33)27-18-10-8-6-5-7-9-11-18/h12-15,18H,5-11,16H2,1-4H3,(H,27,33)/t26-/m0/s1. The lowest BCUT2D eigenvalue weighted by Crippen LogP contribution is -2.65. The molecule has 188 valence electrons. The zero-order chi connectivity index (χ0) is 25.2. The second-order valence-corrected chi connectivity index (χ2v) is 9.67. The van der Waals surface area contributed by atoms with Gasteiger partial charge in [-0.15, -0.1) is 0 Å². The molecule has 0 saturated heterocycles. The SMILES string of the molecule is COC(=O)c1cc2n(n1)C[C@@](C)(C(=O)NC1CCCCCCC1)N(c1cc(C)ccc1OC)C2=O. The highest BCUT2D eigenvalue weighted by Crippen LogP contribution is 2.39. The lowest BCUT2D eigenvalue weighted by molar-refractivity contribution is -0.127. The highest BCUT2D eigenvalue weighted by molar-refractivity contribution is 6.13. The molecule has 1 aliphatic heterocycles. The number of nitrogens with zero attached hydrogens (tertiary/aromatic N) is 3. The molecule has 1 aliphatic carbocycles. The average Bonchev–Trinajstić information content (AvgIpc) is 3.24. The number of benzene rings is 1. The van der Waals surface area contributed by atoms with Crippen molar-refractivity contribution in [2.75, 3.05) is 19.1 Å². The molecule has 2 aromatic rings. The number of hydrogen-bond acceptors (Lipinski definition) is 6. The molecule has 1 atom stereocenters. The molecule has 2 aliphatic rings. The molecule has 0 radical (unpaired) electrons. The van der Waals surface area contributed by atoms with E-state index in [9.17, 15) is 14.4 Å². The Hall–Kier alpha value is -3.36. The molecule has 2 amide bonds. The van der Waals surface area contributed by atoms with Gasteiger partial charge in [0.05, 0.1) is 26.5 Å². The summed E-state index contributed by atoms with van der Waals surface area (Å²) in [5.41, 5.74) is 0.361. The third-order valence-electron chi connectivity index (χ3n) is 7.05. The van der Waals surface area contributed by atoms with Gasteiger partial charge in [-0.3, -0.25) is 19.2 Å². The average molecular weight is 483 g/mol. The number of carbonyl (C=O) groups is 3. The van der Waals surface area contributed by atoms with Gasteiger partial charge in [0.25, 0.3) is 5.91 Å². The van der Waals surface area contributed by atoms with E-state index in [0.29, 0.717) is 11.4 Å². The summed E-state index contributed by atoms with van der Waals surface area (Å²) in [6.45, 7) is 3.75. The number of amides is 2. The molecular weight excluding hydrogens is 448 g/mol. The summed E-state index contributed by atoms with van der Waals surface area (Å²) >= 11 is 0. The second kappa shape index (κ2) is 10.1. The molecule has 0 spiro atoms. The van der Waals surface area contributed by atoms with Crippen LogP contribution in [-0.4, -0.2) is 53.4 Å². The van der Waals surface area contributed by atoms with E-state index in [0.717, 1.165) is 31.2 Å². The first kappa shape index (κ1) is 24.8.